The van der Waals surface area contributed by atoms with Crippen LogP contribution in [-0.4, -0.2) is 83.7 Å². The van der Waals surface area contributed by atoms with Crippen LogP contribution in [0.25, 0.3) is 22.1 Å². The topological polar surface area (TPSA) is 109 Å². The monoisotopic (exact) mass is 536 g/mol. The summed E-state index contributed by atoms with van der Waals surface area (Å²) in [5, 5.41) is 3.32. The van der Waals surface area contributed by atoms with Gasteiger partial charge >= 0.3 is 11.4 Å². The van der Waals surface area contributed by atoms with Crippen molar-refractivity contribution in [3.8, 4) is 0 Å². The molecule has 0 aliphatic carbocycles. The highest BCUT2D eigenvalue weighted by molar-refractivity contribution is 5.75. The Kier molecular flexibility index (Phi) is 9.31. The zero-order chi connectivity index (χ0) is 27.0. The molecule has 0 saturated carbocycles. The number of fused-ring (bicyclic) bond motifs is 2. The van der Waals surface area contributed by atoms with Crippen molar-refractivity contribution in [2.75, 3.05) is 59.7 Å². The summed E-state index contributed by atoms with van der Waals surface area (Å²) in [7, 11) is 1.68. The summed E-state index contributed by atoms with van der Waals surface area (Å²) in [5.74, 6) is 0. The van der Waals surface area contributed by atoms with E-state index in [4.69, 9.17) is 9.47 Å². The molecule has 0 radical (unpaired) electrons. The lowest BCUT2D eigenvalue weighted by molar-refractivity contribution is 0.0515. The van der Waals surface area contributed by atoms with Crippen LogP contribution in [-0.2, 0) is 9.47 Å². The number of piperidine rings is 2. The Morgan fingerprint density at radius 1 is 0.744 bits per heavy atom. The molecule has 0 atom stereocenters. The van der Waals surface area contributed by atoms with E-state index in [1.165, 1.54) is 0 Å². The van der Waals surface area contributed by atoms with Crippen LogP contribution in [0, 0.1) is 0 Å². The number of nitrogens with zero attached hydrogens (tertiary/aromatic N) is 3. The third-order valence-corrected chi connectivity index (χ3v) is 7.83. The zero-order valence-electron chi connectivity index (χ0n) is 22.7. The van der Waals surface area contributed by atoms with Crippen molar-refractivity contribution in [2.24, 2.45) is 0 Å². The van der Waals surface area contributed by atoms with Crippen molar-refractivity contribution in [2.45, 2.75) is 37.8 Å². The van der Waals surface area contributed by atoms with Crippen molar-refractivity contribution in [1.29, 1.82) is 0 Å². The van der Waals surface area contributed by atoms with Crippen molar-refractivity contribution < 1.29 is 9.47 Å². The molecule has 0 spiro atoms. The van der Waals surface area contributed by atoms with Gasteiger partial charge in [0, 0.05) is 38.8 Å². The van der Waals surface area contributed by atoms with Crippen LogP contribution in [0.2, 0.25) is 0 Å². The maximum Gasteiger partial charge on any atom is 0.326 e. The third kappa shape index (κ3) is 6.52. The van der Waals surface area contributed by atoms with E-state index in [1.807, 2.05) is 57.7 Å². The van der Waals surface area contributed by atoms with E-state index in [1.54, 1.807) is 7.11 Å². The summed E-state index contributed by atoms with van der Waals surface area (Å²) in [4.78, 5) is 32.4. The van der Waals surface area contributed by atoms with Gasteiger partial charge in [-0.25, -0.2) is 9.59 Å². The van der Waals surface area contributed by atoms with Crippen LogP contribution in [0.4, 0.5) is 0 Å². The number of methoxy groups -OCH3 is 1. The van der Waals surface area contributed by atoms with Gasteiger partial charge in [0.15, 0.2) is 0 Å². The minimum Gasteiger partial charge on any atom is -0.382 e. The first-order valence-electron chi connectivity index (χ1n) is 14.0. The van der Waals surface area contributed by atoms with E-state index in [2.05, 4.69) is 20.2 Å². The Morgan fingerprint density at radius 3 is 1.85 bits per heavy atom. The summed E-state index contributed by atoms with van der Waals surface area (Å²) in [6, 6.07) is 16.4. The lowest BCUT2D eigenvalue weighted by atomic mass is 10.0. The fraction of sp³-hybridized carbons (Fsp3) is 0.517. The second-order valence-electron chi connectivity index (χ2n) is 10.3. The Labute approximate surface area is 227 Å². The fourth-order valence-electron chi connectivity index (χ4n) is 5.78. The molecule has 210 valence electrons. The van der Waals surface area contributed by atoms with Gasteiger partial charge in [-0.05, 0) is 63.0 Å². The van der Waals surface area contributed by atoms with Crippen molar-refractivity contribution in [3.63, 3.8) is 0 Å². The van der Waals surface area contributed by atoms with E-state index < -0.39 is 0 Å². The number of imidazole rings is 2. The molecule has 6 rings (SSSR count). The number of para-hydroxylation sites is 4. The minimum absolute atomic E-state index is 0.00699. The van der Waals surface area contributed by atoms with E-state index in [-0.39, 0.29) is 17.4 Å². The number of aromatic amines is 2. The van der Waals surface area contributed by atoms with Gasteiger partial charge in [0.2, 0.25) is 0 Å². The van der Waals surface area contributed by atoms with E-state index in [9.17, 15) is 9.59 Å². The molecule has 3 N–H and O–H groups in total. The maximum atomic E-state index is 12.3. The van der Waals surface area contributed by atoms with Gasteiger partial charge in [0.25, 0.3) is 0 Å². The third-order valence-electron chi connectivity index (χ3n) is 7.83. The number of ether oxygens (including phenoxy) is 2. The molecule has 4 aromatic rings. The summed E-state index contributed by atoms with van der Waals surface area (Å²) in [5.41, 5.74) is 3.93. The largest absolute Gasteiger partial charge is 0.382 e. The standard InChI is InChI=1S/C17H25N3O3.C12H15N3O/c1-22-12-13-23-11-10-19-8-6-14(7-9-19)20-16-5-3-2-4-15(16)18-17(20)21;16-12-14-10-3-1-2-4-11(10)15(12)9-5-7-13-8-6-9/h2-5,14H,6-13H2,1H3,(H,18,21);1-4,9,13H,5-8H2,(H,14,16). The lowest BCUT2D eigenvalue weighted by Gasteiger charge is -2.32. The quantitative estimate of drug-likeness (QED) is 0.299. The molecular weight excluding hydrogens is 496 g/mol. The number of H-pyrrole nitrogens is 2. The van der Waals surface area contributed by atoms with Gasteiger partial charge in [-0.2, -0.15) is 0 Å². The van der Waals surface area contributed by atoms with E-state index >= 15 is 0 Å². The highest BCUT2D eigenvalue weighted by atomic mass is 16.5. The van der Waals surface area contributed by atoms with Crippen LogP contribution in [0.15, 0.2) is 58.1 Å². The van der Waals surface area contributed by atoms with Gasteiger partial charge in [-0.1, -0.05) is 24.3 Å². The van der Waals surface area contributed by atoms with Crippen LogP contribution in [0.1, 0.15) is 37.8 Å². The number of likely N-dealkylation sites (tertiary alicyclic amines) is 1. The number of benzene rings is 2. The second kappa shape index (κ2) is 13.3. The van der Waals surface area contributed by atoms with Crippen LogP contribution in [0.5, 0.6) is 0 Å². The highest BCUT2D eigenvalue weighted by Crippen LogP contribution is 2.25. The first kappa shape index (κ1) is 27.4. The van der Waals surface area contributed by atoms with Gasteiger partial charge in [-0.3, -0.25) is 9.13 Å². The summed E-state index contributed by atoms with van der Waals surface area (Å²) in [6.07, 6.45) is 4.06. The summed E-state index contributed by atoms with van der Waals surface area (Å²) >= 11 is 0. The Bertz CT molecular complexity index is 1440. The summed E-state index contributed by atoms with van der Waals surface area (Å²) < 4.78 is 14.3. The van der Waals surface area contributed by atoms with Crippen molar-refractivity contribution in [3.05, 3.63) is 69.5 Å². The number of hydrogen-bond donors (Lipinski definition) is 3. The minimum atomic E-state index is 0.00699. The van der Waals surface area contributed by atoms with Crippen molar-refractivity contribution >= 4 is 22.1 Å². The van der Waals surface area contributed by atoms with Gasteiger partial charge < -0.3 is 29.7 Å². The molecule has 2 aromatic heterocycles. The molecule has 10 heteroatoms. The van der Waals surface area contributed by atoms with E-state index in [0.29, 0.717) is 19.3 Å². The van der Waals surface area contributed by atoms with E-state index in [0.717, 1.165) is 87.1 Å². The average molecular weight is 537 g/mol. The first-order valence-corrected chi connectivity index (χ1v) is 14.0. The predicted molar refractivity (Wildman–Crippen MR) is 154 cm³/mol. The average Bonchev–Trinajstić information content (AvgIpc) is 3.49. The van der Waals surface area contributed by atoms with Crippen LogP contribution in [0.3, 0.4) is 0 Å². The van der Waals surface area contributed by atoms with Crippen LogP contribution < -0.4 is 16.7 Å². The molecule has 2 fully saturated rings. The molecule has 2 saturated heterocycles. The molecule has 0 unspecified atom stereocenters. The molecule has 2 aromatic carbocycles. The molecule has 2 aliphatic heterocycles. The van der Waals surface area contributed by atoms with Crippen molar-refractivity contribution in [1.82, 2.24) is 29.3 Å². The number of aromatic nitrogens is 4. The number of hydrogen-bond acceptors (Lipinski definition) is 6. The smallest absolute Gasteiger partial charge is 0.326 e. The Balaban J connectivity index is 0.000000168. The number of rotatable bonds is 8. The molecule has 2 aliphatic rings. The SMILES string of the molecule is COCCOCCN1CCC(n2c(=O)[nH]c3ccccc32)CC1.O=c1[nH]c2ccccc2n1C1CCNCC1. The second-order valence-corrected chi connectivity index (χ2v) is 10.3. The number of nitrogens with one attached hydrogen (secondary N) is 3. The summed E-state index contributed by atoms with van der Waals surface area (Å²) in [6.45, 7) is 6.98. The van der Waals surface area contributed by atoms with Crippen LogP contribution >= 0.6 is 0 Å². The highest BCUT2D eigenvalue weighted by Gasteiger charge is 2.23. The fourth-order valence-corrected chi connectivity index (χ4v) is 5.78. The molecule has 4 heterocycles. The van der Waals surface area contributed by atoms with Gasteiger partial charge in [0.05, 0.1) is 41.9 Å². The zero-order valence-corrected chi connectivity index (χ0v) is 22.7. The Hall–Kier alpha value is -3.18. The maximum absolute atomic E-state index is 12.3. The molecule has 0 amide bonds. The molecular formula is C29H40N6O4. The molecule has 10 nitrogen and oxygen atoms in total. The molecule has 39 heavy (non-hydrogen) atoms. The van der Waals surface area contributed by atoms with Gasteiger partial charge in [0.1, 0.15) is 0 Å². The molecule has 0 bridgehead atoms. The van der Waals surface area contributed by atoms with Gasteiger partial charge in [-0.15, -0.1) is 0 Å². The predicted octanol–water partition coefficient (Wildman–Crippen LogP) is 2.88. The Morgan fingerprint density at radius 2 is 1.28 bits per heavy atom. The first-order chi connectivity index (χ1) is 19.2. The lowest BCUT2D eigenvalue weighted by Crippen LogP contribution is -2.38. The normalized spacial score (nSPS) is 17.5.